The fourth-order valence-electron chi connectivity index (χ4n) is 3.98. The summed E-state index contributed by atoms with van der Waals surface area (Å²) < 4.78 is 6.03. The maximum absolute atomic E-state index is 13.0. The molecule has 0 aromatic heterocycles. The zero-order valence-electron chi connectivity index (χ0n) is 15.4. The number of carbonyl (C=O) groups excluding carboxylic acids is 1. The van der Waals surface area contributed by atoms with Crippen molar-refractivity contribution in [3.05, 3.63) is 83.1 Å². The van der Waals surface area contributed by atoms with Crippen LogP contribution in [0.1, 0.15) is 56.6 Å². The summed E-state index contributed by atoms with van der Waals surface area (Å²) in [6.07, 6.45) is 2.60. The van der Waals surface area contributed by atoms with Crippen molar-refractivity contribution < 1.29 is 14.6 Å². The molecule has 2 unspecified atom stereocenters. The molecule has 1 aliphatic heterocycles. The molecule has 1 aliphatic rings. The van der Waals surface area contributed by atoms with Crippen LogP contribution in [0.2, 0.25) is 0 Å². The summed E-state index contributed by atoms with van der Waals surface area (Å²) in [6.45, 7) is 4.09. The van der Waals surface area contributed by atoms with E-state index in [1.807, 2.05) is 67.6 Å². The van der Waals surface area contributed by atoms with Gasteiger partial charge in [0.1, 0.15) is 11.4 Å². The molecule has 2 aromatic rings. The lowest BCUT2D eigenvalue weighted by Gasteiger charge is -2.39. The number of hydrogen-bond donors (Lipinski definition) is 1. The first-order chi connectivity index (χ1) is 12.6. The third-order valence-electron chi connectivity index (χ3n) is 5.18. The van der Waals surface area contributed by atoms with Gasteiger partial charge in [0.2, 0.25) is 0 Å². The monoisotopic (exact) mass is 350 g/mol. The van der Waals surface area contributed by atoms with Crippen LogP contribution >= 0.6 is 0 Å². The molecule has 3 nitrogen and oxygen atoms in total. The lowest BCUT2D eigenvalue weighted by molar-refractivity contribution is -0.162. The minimum Gasteiger partial charge on any atom is -0.512 e. The van der Waals surface area contributed by atoms with Crippen LogP contribution < -0.4 is 0 Å². The van der Waals surface area contributed by atoms with E-state index in [2.05, 4.69) is 6.92 Å². The van der Waals surface area contributed by atoms with E-state index < -0.39 is 11.6 Å². The van der Waals surface area contributed by atoms with Crippen LogP contribution in [0.5, 0.6) is 0 Å². The Kier molecular flexibility index (Phi) is 5.46. The summed E-state index contributed by atoms with van der Waals surface area (Å²) in [4.78, 5) is 13.0. The van der Waals surface area contributed by atoms with Crippen LogP contribution in [0, 0.1) is 0 Å². The van der Waals surface area contributed by atoms with Gasteiger partial charge in [-0.25, -0.2) is 4.79 Å². The molecule has 0 spiro atoms. The van der Waals surface area contributed by atoms with Crippen LogP contribution in [-0.2, 0) is 15.1 Å². The van der Waals surface area contributed by atoms with Gasteiger partial charge in [-0.2, -0.15) is 0 Å². The maximum Gasteiger partial charge on any atom is 0.338 e. The Morgan fingerprint density at radius 2 is 1.65 bits per heavy atom. The van der Waals surface area contributed by atoms with Gasteiger partial charge < -0.3 is 9.84 Å². The second-order valence-corrected chi connectivity index (χ2v) is 6.91. The highest BCUT2D eigenvalue weighted by Crippen LogP contribution is 2.44. The summed E-state index contributed by atoms with van der Waals surface area (Å²) in [5.74, 6) is -0.393. The second-order valence-electron chi connectivity index (χ2n) is 6.91. The number of rotatable bonds is 6. The number of hydrogen-bond acceptors (Lipinski definition) is 3. The van der Waals surface area contributed by atoms with Crippen molar-refractivity contribution in [3.63, 3.8) is 0 Å². The van der Waals surface area contributed by atoms with Gasteiger partial charge in [0.25, 0.3) is 0 Å². The molecule has 0 aliphatic carbocycles. The quantitative estimate of drug-likeness (QED) is 0.686. The van der Waals surface area contributed by atoms with Gasteiger partial charge in [-0.3, -0.25) is 0 Å². The third kappa shape index (κ3) is 3.39. The lowest BCUT2D eigenvalue weighted by atomic mass is 9.79. The molecule has 1 heterocycles. The minimum absolute atomic E-state index is 0.154. The zero-order valence-corrected chi connectivity index (χ0v) is 15.4. The predicted molar refractivity (Wildman–Crippen MR) is 103 cm³/mol. The molecule has 0 amide bonds. The Hall–Kier alpha value is -2.55. The number of esters is 1. The summed E-state index contributed by atoms with van der Waals surface area (Å²) in [6, 6.07) is 19.6. The Morgan fingerprint density at radius 3 is 2.19 bits per heavy atom. The number of cyclic esters (lactones) is 1. The van der Waals surface area contributed by atoms with E-state index in [1.54, 1.807) is 0 Å². The molecule has 3 rings (SSSR count). The molecule has 0 radical (unpaired) electrons. The van der Waals surface area contributed by atoms with Crippen molar-refractivity contribution in [1.82, 2.24) is 0 Å². The molecule has 0 saturated heterocycles. The summed E-state index contributed by atoms with van der Waals surface area (Å²) in [7, 11) is 0. The van der Waals surface area contributed by atoms with E-state index in [0.29, 0.717) is 18.4 Å². The van der Waals surface area contributed by atoms with Crippen molar-refractivity contribution in [2.24, 2.45) is 0 Å². The number of benzene rings is 2. The molecule has 136 valence electrons. The predicted octanol–water partition coefficient (Wildman–Crippen LogP) is 5.63. The van der Waals surface area contributed by atoms with Gasteiger partial charge in [-0.1, -0.05) is 80.9 Å². The zero-order chi connectivity index (χ0) is 18.6. The molecule has 0 saturated carbocycles. The SMILES string of the molecule is CCCC1(c2ccccc2)CC(O)=C(C(CC)c2ccccc2)C(=O)O1. The van der Waals surface area contributed by atoms with Crippen molar-refractivity contribution >= 4 is 5.97 Å². The summed E-state index contributed by atoms with van der Waals surface area (Å²) >= 11 is 0. The van der Waals surface area contributed by atoms with Crippen LogP contribution in [0.15, 0.2) is 72.0 Å². The standard InChI is InChI=1S/C23H26O3/c1-3-15-23(18-13-9-6-10-14-18)16-20(24)21(22(25)26-23)19(4-2)17-11-7-5-8-12-17/h5-14,19,24H,3-4,15-16H2,1-2H3. The number of aliphatic hydroxyl groups excluding tert-OH is 1. The molecule has 3 heteroatoms. The highest BCUT2D eigenvalue weighted by atomic mass is 16.6. The minimum atomic E-state index is -0.782. The van der Waals surface area contributed by atoms with Crippen LogP contribution in [0.3, 0.4) is 0 Å². The Morgan fingerprint density at radius 1 is 1.04 bits per heavy atom. The van der Waals surface area contributed by atoms with E-state index in [4.69, 9.17) is 4.74 Å². The van der Waals surface area contributed by atoms with E-state index in [0.717, 1.165) is 24.0 Å². The lowest BCUT2D eigenvalue weighted by Crippen LogP contribution is -2.39. The smallest absolute Gasteiger partial charge is 0.338 e. The number of ether oxygens (including phenoxy) is 1. The molecule has 2 aromatic carbocycles. The van der Waals surface area contributed by atoms with Gasteiger partial charge >= 0.3 is 5.97 Å². The number of carbonyl (C=O) groups is 1. The van der Waals surface area contributed by atoms with Crippen molar-refractivity contribution in [3.8, 4) is 0 Å². The Bertz CT molecular complexity index is 780. The van der Waals surface area contributed by atoms with Gasteiger partial charge in [0, 0.05) is 12.3 Å². The second kappa shape index (κ2) is 7.77. The average molecular weight is 350 g/mol. The molecular formula is C23H26O3. The largest absolute Gasteiger partial charge is 0.512 e. The van der Waals surface area contributed by atoms with Gasteiger partial charge in [0.15, 0.2) is 0 Å². The topological polar surface area (TPSA) is 46.5 Å². The van der Waals surface area contributed by atoms with E-state index in [1.165, 1.54) is 0 Å². The molecular weight excluding hydrogens is 324 g/mol. The van der Waals surface area contributed by atoms with Crippen LogP contribution in [0.25, 0.3) is 0 Å². The van der Waals surface area contributed by atoms with Crippen LogP contribution in [-0.4, -0.2) is 11.1 Å². The third-order valence-corrected chi connectivity index (χ3v) is 5.18. The Labute approximate surface area is 155 Å². The first-order valence-electron chi connectivity index (χ1n) is 9.37. The molecule has 0 fully saturated rings. The molecule has 0 bridgehead atoms. The van der Waals surface area contributed by atoms with E-state index in [9.17, 15) is 9.90 Å². The van der Waals surface area contributed by atoms with E-state index in [-0.39, 0.29) is 11.7 Å². The highest BCUT2D eigenvalue weighted by Gasteiger charge is 2.44. The molecule has 26 heavy (non-hydrogen) atoms. The first-order valence-corrected chi connectivity index (χ1v) is 9.37. The van der Waals surface area contributed by atoms with Crippen molar-refractivity contribution in [2.75, 3.05) is 0 Å². The Balaban J connectivity index is 2.02. The van der Waals surface area contributed by atoms with Gasteiger partial charge in [0.05, 0.1) is 5.57 Å². The van der Waals surface area contributed by atoms with Crippen molar-refractivity contribution in [2.45, 2.75) is 51.0 Å². The molecule has 2 atom stereocenters. The fourth-order valence-corrected chi connectivity index (χ4v) is 3.98. The normalized spacial score (nSPS) is 21.4. The number of aliphatic hydroxyl groups is 1. The highest BCUT2D eigenvalue weighted by molar-refractivity contribution is 5.92. The van der Waals surface area contributed by atoms with Crippen LogP contribution in [0.4, 0.5) is 0 Å². The summed E-state index contributed by atoms with van der Waals surface area (Å²) in [5, 5.41) is 10.9. The van der Waals surface area contributed by atoms with Gasteiger partial charge in [-0.05, 0) is 24.0 Å². The average Bonchev–Trinajstić information content (AvgIpc) is 2.66. The fraction of sp³-hybridized carbons (Fsp3) is 0.348. The van der Waals surface area contributed by atoms with E-state index >= 15 is 0 Å². The maximum atomic E-state index is 13.0. The van der Waals surface area contributed by atoms with Crippen molar-refractivity contribution in [1.29, 1.82) is 0 Å². The first kappa shape index (κ1) is 18.2. The van der Waals surface area contributed by atoms with Gasteiger partial charge in [-0.15, -0.1) is 0 Å². The summed E-state index contributed by atoms with van der Waals surface area (Å²) in [5.41, 5.74) is 1.58. The molecule has 1 N–H and O–H groups in total.